The lowest BCUT2D eigenvalue weighted by atomic mass is 9.72. The molecule has 0 bridgehead atoms. The molecule has 5 rings (SSSR count). The number of nitrogens with two attached hydrogens (primary N) is 2. The number of Topliss-reactive ketones (excluding diaryl/α,β-unsaturated/α-hetero) is 1. The molecule has 1 fully saturated rings. The van der Waals surface area contributed by atoms with Gasteiger partial charge in [-0.15, -0.1) is 5.10 Å². The van der Waals surface area contributed by atoms with E-state index >= 15 is 0 Å². The van der Waals surface area contributed by atoms with Gasteiger partial charge in [-0.25, -0.2) is 18.4 Å². The lowest BCUT2D eigenvalue weighted by Crippen LogP contribution is -2.42. The third kappa shape index (κ3) is 4.51. The number of hydrogen-bond acceptors (Lipinski definition) is 8. The summed E-state index contributed by atoms with van der Waals surface area (Å²) in [7, 11) is 0. The van der Waals surface area contributed by atoms with Gasteiger partial charge in [0.15, 0.2) is 5.78 Å². The van der Waals surface area contributed by atoms with Gasteiger partial charge in [-0.05, 0) is 54.0 Å². The van der Waals surface area contributed by atoms with Gasteiger partial charge in [-0.2, -0.15) is 0 Å². The number of halogens is 2. The standard InChI is InChI=1S/C25H25F2N7OS/c1-13-9-14(10-19(28)23(13)34-8-7-31-33-34)16-5-6-30-12-15(16)11-20(35)22-24(29)36-25(32-22)21-17(26)3-2-4-18(21)27/h2-8,12-14,19,23H,9-11,28-29H2,1H3/t13-,14+,19+,23-/m0/s1. The molecule has 1 saturated carbocycles. The number of nitrogen functional groups attached to an aromatic ring is 1. The first-order chi connectivity index (χ1) is 17.3. The molecule has 36 heavy (non-hydrogen) atoms. The van der Waals surface area contributed by atoms with E-state index < -0.39 is 11.6 Å². The molecule has 11 heteroatoms. The molecular weight excluding hydrogens is 484 g/mol. The van der Waals surface area contributed by atoms with E-state index in [1.54, 1.807) is 18.6 Å². The highest BCUT2D eigenvalue weighted by molar-refractivity contribution is 7.19. The predicted molar refractivity (Wildman–Crippen MR) is 132 cm³/mol. The molecule has 1 aliphatic carbocycles. The lowest BCUT2D eigenvalue weighted by molar-refractivity contribution is 0.0989. The third-order valence-corrected chi connectivity index (χ3v) is 7.71. The van der Waals surface area contributed by atoms with Crippen molar-refractivity contribution in [2.45, 2.75) is 44.2 Å². The molecule has 0 spiro atoms. The second-order valence-electron chi connectivity index (χ2n) is 9.19. The van der Waals surface area contributed by atoms with Crippen LogP contribution in [0.1, 0.15) is 53.3 Å². The average molecular weight is 510 g/mol. The number of rotatable bonds is 6. The molecule has 0 unspecified atom stereocenters. The Morgan fingerprint density at radius 1 is 1.19 bits per heavy atom. The molecule has 1 aliphatic rings. The van der Waals surface area contributed by atoms with Gasteiger partial charge < -0.3 is 11.5 Å². The fourth-order valence-corrected chi connectivity index (χ4v) is 6.14. The summed E-state index contributed by atoms with van der Waals surface area (Å²) in [6.07, 6.45) is 8.45. The van der Waals surface area contributed by atoms with Crippen LogP contribution in [0.2, 0.25) is 0 Å². The molecule has 0 aliphatic heterocycles. The zero-order valence-corrected chi connectivity index (χ0v) is 20.3. The summed E-state index contributed by atoms with van der Waals surface area (Å²) in [5, 5.41) is 8.20. The van der Waals surface area contributed by atoms with E-state index in [1.165, 1.54) is 6.07 Å². The highest BCUT2D eigenvalue weighted by Crippen LogP contribution is 2.42. The Balaban J connectivity index is 1.38. The molecule has 4 N–H and O–H groups in total. The second-order valence-corrected chi connectivity index (χ2v) is 10.2. The summed E-state index contributed by atoms with van der Waals surface area (Å²) < 4.78 is 30.3. The van der Waals surface area contributed by atoms with Crippen molar-refractivity contribution >= 4 is 22.1 Å². The highest BCUT2D eigenvalue weighted by atomic mass is 32.1. The Labute approximate surface area is 210 Å². The van der Waals surface area contributed by atoms with Crippen LogP contribution in [-0.4, -0.2) is 36.8 Å². The van der Waals surface area contributed by atoms with E-state index in [9.17, 15) is 13.6 Å². The number of carbonyl (C=O) groups is 1. The topological polar surface area (TPSA) is 126 Å². The largest absolute Gasteiger partial charge is 0.389 e. The zero-order valence-electron chi connectivity index (χ0n) is 19.5. The summed E-state index contributed by atoms with van der Waals surface area (Å²) in [5.74, 6) is -1.48. The van der Waals surface area contributed by atoms with Crippen LogP contribution in [0.25, 0.3) is 10.6 Å². The van der Waals surface area contributed by atoms with Gasteiger partial charge in [0, 0.05) is 31.1 Å². The quantitative estimate of drug-likeness (QED) is 0.374. The maximum Gasteiger partial charge on any atom is 0.188 e. The smallest absolute Gasteiger partial charge is 0.188 e. The fourth-order valence-electron chi connectivity index (χ4n) is 5.24. The normalized spacial score (nSPS) is 22.0. The van der Waals surface area contributed by atoms with Crippen LogP contribution in [0.5, 0.6) is 0 Å². The van der Waals surface area contributed by atoms with Gasteiger partial charge in [0.2, 0.25) is 0 Å². The maximum atomic E-state index is 14.2. The minimum atomic E-state index is -0.760. The van der Waals surface area contributed by atoms with Crippen molar-refractivity contribution in [3.63, 3.8) is 0 Å². The van der Waals surface area contributed by atoms with Gasteiger partial charge in [0.1, 0.15) is 27.3 Å². The van der Waals surface area contributed by atoms with Crippen molar-refractivity contribution in [2.75, 3.05) is 5.73 Å². The van der Waals surface area contributed by atoms with E-state index in [0.717, 1.165) is 47.4 Å². The molecule has 0 radical (unpaired) electrons. The SMILES string of the molecule is C[C@H]1C[C@@H](c2ccncc2CC(=O)c2nc(-c3c(F)cccc3F)sc2N)C[C@@H](N)[C@H]1n1ccnn1. The summed E-state index contributed by atoms with van der Waals surface area (Å²) in [6.45, 7) is 2.14. The fraction of sp³-hybridized carbons (Fsp3) is 0.320. The number of thiazole rings is 1. The van der Waals surface area contributed by atoms with Crippen LogP contribution in [-0.2, 0) is 6.42 Å². The molecule has 3 aromatic heterocycles. The van der Waals surface area contributed by atoms with E-state index in [4.69, 9.17) is 11.5 Å². The highest BCUT2D eigenvalue weighted by Gasteiger charge is 2.36. The zero-order chi connectivity index (χ0) is 25.4. The summed E-state index contributed by atoms with van der Waals surface area (Å²) in [5.41, 5.74) is 14.1. The van der Waals surface area contributed by atoms with E-state index in [0.29, 0.717) is 0 Å². The van der Waals surface area contributed by atoms with Crippen molar-refractivity contribution in [3.05, 3.63) is 77.5 Å². The number of nitrogens with zero attached hydrogens (tertiary/aromatic N) is 5. The number of carbonyl (C=O) groups excluding carboxylic acids is 1. The number of pyridine rings is 1. The number of ketones is 1. The van der Waals surface area contributed by atoms with Crippen molar-refractivity contribution in [3.8, 4) is 10.6 Å². The van der Waals surface area contributed by atoms with Crippen LogP contribution in [0.4, 0.5) is 13.8 Å². The van der Waals surface area contributed by atoms with E-state index in [1.807, 2.05) is 16.9 Å². The molecule has 186 valence electrons. The first kappa shape index (κ1) is 24.1. The minimum absolute atomic E-state index is 0.00687. The Morgan fingerprint density at radius 3 is 2.67 bits per heavy atom. The van der Waals surface area contributed by atoms with Crippen LogP contribution in [0, 0.1) is 17.6 Å². The molecule has 4 aromatic rings. The van der Waals surface area contributed by atoms with Crippen molar-refractivity contribution in [2.24, 2.45) is 11.7 Å². The van der Waals surface area contributed by atoms with E-state index in [2.05, 4.69) is 27.2 Å². The molecular formula is C25H25F2N7OS. The first-order valence-corrected chi connectivity index (χ1v) is 12.4. The molecule has 8 nitrogen and oxygen atoms in total. The lowest BCUT2D eigenvalue weighted by Gasteiger charge is -2.39. The van der Waals surface area contributed by atoms with Gasteiger partial charge in [-0.1, -0.05) is 29.5 Å². The van der Waals surface area contributed by atoms with Crippen molar-refractivity contribution < 1.29 is 13.6 Å². The van der Waals surface area contributed by atoms with Gasteiger partial charge in [-0.3, -0.25) is 9.78 Å². The summed E-state index contributed by atoms with van der Waals surface area (Å²) in [4.78, 5) is 21.7. The number of anilines is 1. The third-order valence-electron chi connectivity index (χ3n) is 6.81. The molecule has 3 heterocycles. The molecule has 1 aromatic carbocycles. The van der Waals surface area contributed by atoms with Crippen LogP contribution in [0.15, 0.2) is 49.1 Å². The molecule has 4 atom stereocenters. The first-order valence-electron chi connectivity index (χ1n) is 11.6. The van der Waals surface area contributed by atoms with Gasteiger partial charge >= 0.3 is 0 Å². The Morgan fingerprint density at radius 2 is 1.97 bits per heavy atom. The Bertz CT molecular complexity index is 1360. The predicted octanol–water partition coefficient (Wildman–Crippen LogP) is 4.16. The van der Waals surface area contributed by atoms with E-state index in [-0.39, 0.29) is 57.4 Å². The van der Waals surface area contributed by atoms with Crippen LogP contribution in [0.3, 0.4) is 0 Å². The van der Waals surface area contributed by atoms with Gasteiger partial charge in [0.25, 0.3) is 0 Å². The summed E-state index contributed by atoms with van der Waals surface area (Å²) in [6, 6.07) is 5.39. The maximum absolute atomic E-state index is 14.2. The van der Waals surface area contributed by atoms with Crippen molar-refractivity contribution in [1.82, 2.24) is 25.0 Å². The number of benzene rings is 1. The average Bonchev–Trinajstić information content (AvgIpc) is 3.49. The molecule has 0 saturated heterocycles. The van der Waals surface area contributed by atoms with Crippen LogP contribution >= 0.6 is 11.3 Å². The van der Waals surface area contributed by atoms with Crippen LogP contribution < -0.4 is 11.5 Å². The molecule has 0 amide bonds. The summed E-state index contributed by atoms with van der Waals surface area (Å²) >= 11 is 0.887. The Kier molecular flexibility index (Phi) is 6.59. The van der Waals surface area contributed by atoms with Gasteiger partial charge in [0.05, 0.1) is 17.8 Å². The van der Waals surface area contributed by atoms with Crippen molar-refractivity contribution in [1.29, 1.82) is 0 Å². The number of hydrogen-bond donors (Lipinski definition) is 2. The minimum Gasteiger partial charge on any atom is -0.389 e. The number of aromatic nitrogens is 5. The second kappa shape index (κ2) is 9.82. The Hall–Kier alpha value is -3.57. The monoisotopic (exact) mass is 509 g/mol.